The van der Waals surface area contributed by atoms with Crippen molar-refractivity contribution in [2.75, 3.05) is 29.9 Å². The molecule has 1 atom stereocenters. The van der Waals surface area contributed by atoms with E-state index >= 15 is 0 Å². The molecule has 12 nitrogen and oxygen atoms in total. The summed E-state index contributed by atoms with van der Waals surface area (Å²) in [6, 6.07) is 13.9. The van der Waals surface area contributed by atoms with Crippen molar-refractivity contribution in [3.63, 3.8) is 0 Å². The molecule has 3 aromatic rings. The van der Waals surface area contributed by atoms with E-state index < -0.39 is 18.1 Å². The van der Waals surface area contributed by atoms with Gasteiger partial charge in [0.15, 0.2) is 6.33 Å². The minimum absolute atomic E-state index is 0.0771. The summed E-state index contributed by atoms with van der Waals surface area (Å²) in [5.41, 5.74) is 3.07. The second kappa shape index (κ2) is 12.3. The first-order valence-electron chi connectivity index (χ1n) is 15.0. The van der Waals surface area contributed by atoms with Crippen molar-refractivity contribution in [1.29, 1.82) is 0 Å². The van der Waals surface area contributed by atoms with E-state index in [1.54, 1.807) is 24.3 Å². The number of para-hydroxylation sites is 3. The maximum atomic E-state index is 14.2. The summed E-state index contributed by atoms with van der Waals surface area (Å²) >= 11 is 0. The molecule has 3 fully saturated rings. The lowest BCUT2D eigenvalue weighted by Crippen LogP contribution is -2.52. The van der Waals surface area contributed by atoms with Crippen molar-refractivity contribution in [2.24, 2.45) is 22.7 Å². The van der Waals surface area contributed by atoms with Crippen LogP contribution in [0.1, 0.15) is 51.5 Å². The number of carbonyl (C=O) groups is 3. The van der Waals surface area contributed by atoms with Crippen LogP contribution in [0, 0.1) is 17.8 Å². The van der Waals surface area contributed by atoms with E-state index in [1.807, 2.05) is 29.2 Å². The Kier molecular flexibility index (Phi) is 8.17. The molecular formula is C31H37N9O3. The van der Waals surface area contributed by atoms with Crippen LogP contribution in [-0.2, 0) is 9.59 Å². The van der Waals surface area contributed by atoms with Crippen molar-refractivity contribution in [3.05, 3.63) is 60.4 Å². The fraction of sp³-hybridized carbons (Fsp3) is 0.452. The number of benzene rings is 2. The lowest BCUT2D eigenvalue weighted by molar-refractivity contribution is -0.132. The van der Waals surface area contributed by atoms with Gasteiger partial charge in [-0.1, -0.05) is 44.2 Å². The van der Waals surface area contributed by atoms with Gasteiger partial charge in [0.05, 0.1) is 11.4 Å². The Bertz CT molecular complexity index is 1500. The van der Waals surface area contributed by atoms with Crippen LogP contribution in [0.5, 0.6) is 0 Å². The van der Waals surface area contributed by atoms with Crippen molar-refractivity contribution >= 4 is 34.9 Å². The van der Waals surface area contributed by atoms with E-state index in [0.29, 0.717) is 41.0 Å². The Morgan fingerprint density at radius 1 is 0.953 bits per heavy atom. The lowest BCUT2D eigenvalue weighted by atomic mass is 9.84. The Hall–Kier alpha value is -4.61. The number of hydrogen-bond acceptors (Lipinski definition) is 7. The summed E-state index contributed by atoms with van der Waals surface area (Å²) < 4.78 is 0. The Labute approximate surface area is 250 Å². The number of amides is 4. The molecule has 7 rings (SSSR count). The molecule has 2 saturated heterocycles. The van der Waals surface area contributed by atoms with E-state index in [-0.39, 0.29) is 18.4 Å². The minimum atomic E-state index is -1.23. The molecule has 4 amide bonds. The van der Waals surface area contributed by atoms with E-state index in [4.69, 9.17) is 4.99 Å². The summed E-state index contributed by atoms with van der Waals surface area (Å²) in [5, 5.41) is 17.3. The molecule has 0 radical (unpaired) electrons. The lowest BCUT2D eigenvalue weighted by Gasteiger charge is -2.29. The number of nitrogens with zero attached hydrogens (tertiary/aromatic N) is 7. The number of hydrogen-bond donors (Lipinski definition) is 2. The Morgan fingerprint density at radius 2 is 1.63 bits per heavy atom. The monoisotopic (exact) mass is 583 g/mol. The van der Waals surface area contributed by atoms with E-state index in [0.717, 1.165) is 44.3 Å². The smallest absolute Gasteiger partial charge is 0.321 e. The minimum Gasteiger partial charge on any atom is -0.341 e. The van der Waals surface area contributed by atoms with Crippen LogP contribution in [0.15, 0.2) is 59.9 Å². The molecule has 224 valence electrons. The first-order chi connectivity index (χ1) is 20.9. The van der Waals surface area contributed by atoms with Gasteiger partial charge in [0.1, 0.15) is 12.2 Å². The first-order valence-corrected chi connectivity index (χ1v) is 15.0. The molecule has 12 heteroatoms. The van der Waals surface area contributed by atoms with Crippen molar-refractivity contribution in [1.82, 2.24) is 30.4 Å². The number of anilines is 2. The number of carbonyl (C=O) groups excluding carboxylic acids is 3. The standard InChI is InChI=1S/C31H37N9O3/c1-20(2)15-25-23-7-3-5-9-26(23)39(18-28(41)38-16-21-11-12-22(17-38)14-13-21)30(42)29(34-25)36-31(43)35-24-8-4-6-10-27(24)40-33-19-32-37-40/h3-10,19-22,29H,11-18H2,1-2H3,(H2,35,36,43). The summed E-state index contributed by atoms with van der Waals surface area (Å²) in [7, 11) is 0. The number of urea groups is 1. The number of fused-ring (bicyclic) bond motifs is 5. The van der Waals surface area contributed by atoms with Crippen LogP contribution in [0.4, 0.5) is 16.2 Å². The maximum absolute atomic E-state index is 14.2. The summed E-state index contributed by atoms with van der Waals surface area (Å²) in [6.45, 7) is 5.52. The number of rotatable bonds is 7. The summed E-state index contributed by atoms with van der Waals surface area (Å²) in [4.78, 5) is 50.8. The topological polar surface area (TPSA) is 138 Å². The van der Waals surface area contributed by atoms with Crippen molar-refractivity contribution in [3.8, 4) is 5.69 Å². The SMILES string of the molecule is CC(C)CC1=NC(NC(=O)Nc2ccccc2-n2ncnn2)C(=O)N(CC(=O)N2CC3CCC(CC3)C2)c2ccccc21. The van der Waals surface area contributed by atoms with Crippen molar-refractivity contribution in [2.45, 2.75) is 52.1 Å². The van der Waals surface area contributed by atoms with E-state index in [2.05, 4.69) is 39.9 Å². The molecular weight excluding hydrogens is 546 g/mol. The zero-order chi connectivity index (χ0) is 29.9. The average molecular weight is 584 g/mol. The highest BCUT2D eigenvalue weighted by Gasteiger charge is 2.37. The summed E-state index contributed by atoms with van der Waals surface area (Å²) in [5.74, 6) is 0.749. The van der Waals surface area contributed by atoms with Crippen molar-refractivity contribution < 1.29 is 14.4 Å². The fourth-order valence-corrected chi connectivity index (χ4v) is 6.35. The van der Waals surface area contributed by atoms with Gasteiger partial charge in [-0.3, -0.25) is 19.5 Å². The highest BCUT2D eigenvalue weighted by Crippen LogP contribution is 2.34. The molecule has 4 aliphatic rings. The molecule has 1 aliphatic carbocycles. The Morgan fingerprint density at radius 3 is 2.30 bits per heavy atom. The van der Waals surface area contributed by atoms with Crippen LogP contribution >= 0.6 is 0 Å². The first kappa shape index (κ1) is 28.5. The number of nitrogens with one attached hydrogen (secondary N) is 2. The zero-order valence-corrected chi connectivity index (χ0v) is 24.5. The number of benzodiazepines with no additional fused rings is 1. The second-order valence-corrected chi connectivity index (χ2v) is 12.0. The van der Waals surface area contributed by atoms with Gasteiger partial charge in [-0.25, -0.2) is 4.79 Å². The van der Waals surface area contributed by atoms with Crippen LogP contribution in [-0.4, -0.2) is 74.5 Å². The molecule has 1 unspecified atom stereocenters. The quantitative estimate of drug-likeness (QED) is 0.436. The van der Waals surface area contributed by atoms with Gasteiger partial charge in [0, 0.05) is 24.4 Å². The normalized spacial score (nSPS) is 21.6. The predicted octanol–water partition coefficient (Wildman–Crippen LogP) is 3.64. The number of tetrazole rings is 1. The number of aromatic nitrogens is 4. The number of aliphatic imine (C=N–C) groups is 1. The zero-order valence-electron chi connectivity index (χ0n) is 24.5. The molecule has 1 saturated carbocycles. The predicted molar refractivity (Wildman–Crippen MR) is 162 cm³/mol. The fourth-order valence-electron chi connectivity index (χ4n) is 6.35. The van der Waals surface area contributed by atoms with Gasteiger partial charge >= 0.3 is 6.03 Å². The molecule has 4 heterocycles. The van der Waals surface area contributed by atoms with Gasteiger partial charge in [-0.15, -0.1) is 15.0 Å². The summed E-state index contributed by atoms with van der Waals surface area (Å²) in [6.07, 6.45) is 5.30. The van der Waals surface area contributed by atoms with Crippen LogP contribution < -0.4 is 15.5 Å². The second-order valence-electron chi connectivity index (χ2n) is 12.0. The van der Waals surface area contributed by atoms with Crippen LogP contribution in [0.25, 0.3) is 5.69 Å². The highest BCUT2D eigenvalue weighted by atomic mass is 16.2. The molecule has 3 aliphatic heterocycles. The third-order valence-electron chi connectivity index (χ3n) is 8.45. The average Bonchev–Trinajstić information content (AvgIpc) is 3.32. The Balaban J connectivity index is 1.28. The van der Waals surface area contributed by atoms with E-state index in [9.17, 15) is 14.4 Å². The van der Waals surface area contributed by atoms with Gasteiger partial charge < -0.3 is 15.5 Å². The molecule has 2 aromatic carbocycles. The van der Waals surface area contributed by atoms with Crippen LogP contribution in [0.2, 0.25) is 0 Å². The molecule has 1 aromatic heterocycles. The molecule has 2 bridgehead atoms. The largest absolute Gasteiger partial charge is 0.341 e. The van der Waals surface area contributed by atoms with Gasteiger partial charge in [0.2, 0.25) is 12.1 Å². The van der Waals surface area contributed by atoms with Crippen LogP contribution in [0.3, 0.4) is 0 Å². The highest BCUT2D eigenvalue weighted by molar-refractivity contribution is 6.14. The third kappa shape index (κ3) is 6.27. The van der Waals surface area contributed by atoms with Gasteiger partial charge in [0.25, 0.3) is 5.91 Å². The molecule has 43 heavy (non-hydrogen) atoms. The molecule has 0 spiro atoms. The van der Waals surface area contributed by atoms with Gasteiger partial charge in [-0.05, 0) is 73.3 Å². The van der Waals surface area contributed by atoms with E-state index in [1.165, 1.54) is 16.0 Å². The maximum Gasteiger partial charge on any atom is 0.321 e. The third-order valence-corrected chi connectivity index (χ3v) is 8.45. The van der Waals surface area contributed by atoms with Gasteiger partial charge in [-0.2, -0.15) is 0 Å². The molecule has 2 N–H and O–H groups in total.